The van der Waals surface area contributed by atoms with Crippen molar-refractivity contribution in [2.24, 2.45) is 11.8 Å². The normalized spacial score (nSPS) is 39.8. The second-order valence-corrected chi connectivity index (χ2v) is 2.98. The quantitative estimate of drug-likeness (QED) is 0.465. The van der Waals surface area contributed by atoms with Gasteiger partial charge in [-0.1, -0.05) is 13.8 Å². The number of ether oxygens (including phenoxy) is 1. The second kappa shape index (κ2) is 2.49. The molecular formula is C7H14O. The van der Waals surface area contributed by atoms with Gasteiger partial charge in [-0.3, -0.25) is 0 Å². The minimum Gasteiger partial charge on any atom is -0.381 e. The van der Waals surface area contributed by atoms with Crippen LogP contribution in [-0.4, -0.2) is 13.2 Å². The third-order valence-corrected chi connectivity index (χ3v) is 1.61. The molecule has 1 aliphatic heterocycles. The van der Waals surface area contributed by atoms with Gasteiger partial charge in [-0.2, -0.15) is 0 Å². The van der Waals surface area contributed by atoms with Crippen LogP contribution in [0.4, 0.5) is 0 Å². The average Bonchev–Trinajstić information content (AvgIpc) is 1.64. The molecule has 0 unspecified atom stereocenters. The molecule has 1 fully saturated rings. The largest absolute Gasteiger partial charge is 0.381 e. The lowest BCUT2D eigenvalue weighted by molar-refractivity contribution is 0.0274. The van der Waals surface area contributed by atoms with Gasteiger partial charge in [-0.15, -0.1) is 0 Å². The van der Waals surface area contributed by atoms with Crippen LogP contribution in [0.5, 0.6) is 0 Å². The van der Waals surface area contributed by atoms with Crippen molar-refractivity contribution >= 4 is 0 Å². The molecule has 0 aromatic heterocycles. The van der Waals surface area contributed by atoms with Gasteiger partial charge in [0, 0.05) is 13.2 Å². The van der Waals surface area contributed by atoms with E-state index in [1.54, 1.807) is 0 Å². The molecule has 0 saturated carbocycles. The summed E-state index contributed by atoms with van der Waals surface area (Å²) in [6.45, 7) is 6.44. The van der Waals surface area contributed by atoms with Gasteiger partial charge in [0.25, 0.3) is 0 Å². The molecule has 8 heavy (non-hydrogen) atoms. The van der Waals surface area contributed by atoms with Crippen LogP contribution in [0.15, 0.2) is 0 Å². The maximum absolute atomic E-state index is 5.29. The molecule has 0 spiro atoms. The van der Waals surface area contributed by atoms with Crippen molar-refractivity contribution in [3.63, 3.8) is 0 Å². The zero-order valence-corrected chi connectivity index (χ0v) is 5.68. The summed E-state index contributed by atoms with van der Waals surface area (Å²) in [5, 5.41) is 0. The van der Waals surface area contributed by atoms with Crippen molar-refractivity contribution in [1.82, 2.24) is 0 Å². The third-order valence-electron chi connectivity index (χ3n) is 1.61. The lowest BCUT2D eigenvalue weighted by atomic mass is 9.96. The van der Waals surface area contributed by atoms with Crippen molar-refractivity contribution in [2.75, 3.05) is 13.2 Å². The van der Waals surface area contributed by atoms with Gasteiger partial charge in [0.2, 0.25) is 0 Å². The highest BCUT2D eigenvalue weighted by atomic mass is 16.5. The molecule has 1 rings (SSSR count). The SMILES string of the molecule is C[C@@H]1COC[C@@H](C)C1. The van der Waals surface area contributed by atoms with Crippen LogP contribution in [0.2, 0.25) is 0 Å². The zero-order valence-electron chi connectivity index (χ0n) is 5.68. The lowest BCUT2D eigenvalue weighted by Gasteiger charge is -2.23. The van der Waals surface area contributed by atoms with E-state index in [1.807, 2.05) is 0 Å². The Kier molecular flexibility index (Phi) is 1.90. The van der Waals surface area contributed by atoms with E-state index in [9.17, 15) is 0 Å². The molecule has 0 amide bonds. The minimum absolute atomic E-state index is 0.791. The van der Waals surface area contributed by atoms with E-state index in [0.29, 0.717) is 0 Å². The molecule has 1 heteroatoms. The molecular weight excluding hydrogens is 100 g/mol. The molecule has 1 saturated heterocycles. The molecule has 0 aromatic rings. The highest BCUT2D eigenvalue weighted by Gasteiger charge is 2.14. The number of hydrogen-bond donors (Lipinski definition) is 0. The van der Waals surface area contributed by atoms with Gasteiger partial charge in [0.1, 0.15) is 0 Å². The summed E-state index contributed by atoms with van der Waals surface area (Å²) < 4.78 is 5.29. The van der Waals surface area contributed by atoms with Crippen molar-refractivity contribution in [1.29, 1.82) is 0 Å². The molecule has 1 nitrogen and oxygen atoms in total. The number of hydrogen-bond acceptors (Lipinski definition) is 1. The topological polar surface area (TPSA) is 9.23 Å². The fourth-order valence-corrected chi connectivity index (χ4v) is 1.29. The lowest BCUT2D eigenvalue weighted by Crippen LogP contribution is -2.21. The maximum atomic E-state index is 5.29. The standard InChI is InChI=1S/C7H14O/c1-6-3-7(2)5-8-4-6/h6-7H,3-5H2,1-2H3/t6-,7-/m0/s1. The van der Waals surface area contributed by atoms with E-state index in [1.165, 1.54) is 6.42 Å². The summed E-state index contributed by atoms with van der Waals surface area (Å²) >= 11 is 0. The van der Waals surface area contributed by atoms with E-state index in [-0.39, 0.29) is 0 Å². The van der Waals surface area contributed by atoms with Crippen LogP contribution < -0.4 is 0 Å². The van der Waals surface area contributed by atoms with Crippen molar-refractivity contribution in [3.8, 4) is 0 Å². The predicted octanol–water partition coefficient (Wildman–Crippen LogP) is 1.68. The van der Waals surface area contributed by atoms with Gasteiger partial charge in [-0.25, -0.2) is 0 Å². The number of rotatable bonds is 0. The van der Waals surface area contributed by atoms with Crippen molar-refractivity contribution in [2.45, 2.75) is 20.3 Å². The first-order valence-corrected chi connectivity index (χ1v) is 3.37. The van der Waals surface area contributed by atoms with Gasteiger partial charge >= 0.3 is 0 Å². The molecule has 1 heterocycles. The third kappa shape index (κ3) is 1.48. The summed E-state index contributed by atoms with van der Waals surface area (Å²) in [4.78, 5) is 0. The van der Waals surface area contributed by atoms with Crippen LogP contribution in [-0.2, 0) is 4.74 Å². The smallest absolute Gasteiger partial charge is 0.0491 e. The Labute approximate surface area is 51.0 Å². The van der Waals surface area contributed by atoms with E-state index in [4.69, 9.17) is 4.74 Å². The fourth-order valence-electron chi connectivity index (χ4n) is 1.29. The van der Waals surface area contributed by atoms with E-state index in [2.05, 4.69) is 13.8 Å². The molecule has 48 valence electrons. The van der Waals surface area contributed by atoms with Crippen LogP contribution in [0, 0.1) is 11.8 Å². The highest BCUT2D eigenvalue weighted by molar-refractivity contribution is 4.62. The van der Waals surface area contributed by atoms with Crippen molar-refractivity contribution in [3.05, 3.63) is 0 Å². The Hall–Kier alpha value is -0.0400. The minimum atomic E-state index is 0.791. The summed E-state index contributed by atoms with van der Waals surface area (Å²) in [6.07, 6.45) is 1.35. The van der Waals surface area contributed by atoms with Crippen LogP contribution >= 0.6 is 0 Å². The van der Waals surface area contributed by atoms with Crippen molar-refractivity contribution < 1.29 is 4.74 Å². The van der Waals surface area contributed by atoms with Gasteiger partial charge < -0.3 is 4.74 Å². The van der Waals surface area contributed by atoms with Crippen LogP contribution in [0.3, 0.4) is 0 Å². The van der Waals surface area contributed by atoms with E-state index < -0.39 is 0 Å². The fraction of sp³-hybridized carbons (Fsp3) is 1.00. The van der Waals surface area contributed by atoms with E-state index >= 15 is 0 Å². The first-order valence-electron chi connectivity index (χ1n) is 3.37. The molecule has 0 aliphatic carbocycles. The molecule has 0 N–H and O–H groups in total. The van der Waals surface area contributed by atoms with Crippen LogP contribution in [0.25, 0.3) is 0 Å². The predicted molar refractivity (Wildman–Crippen MR) is 33.8 cm³/mol. The monoisotopic (exact) mass is 114 g/mol. The molecule has 2 atom stereocenters. The molecule has 0 aromatic carbocycles. The Morgan fingerprint density at radius 2 is 1.62 bits per heavy atom. The molecule has 0 bridgehead atoms. The van der Waals surface area contributed by atoms with Gasteiger partial charge in [0.05, 0.1) is 0 Å². The molecule has 0 radical (unpaired) electrons. The summed E-state index contributed by atoms with van der Waals surface area (Å²) in [7, 11) is 0. The first-order chi connectivity index (χ1) is 3.79. The summed E-state index contributed by atoms with van der Waals surface area (Å²) in [5.74, 6) is 1.58. The maximum Gasteiger partial charge on any atom is 0.0491 e. The summed E-state index contributed by atoms with van der Waals surface area (Å²) in [5.41, 5.74) is 0. The zero-order chi connectivity index (χ0) is 5.98. The Balaban J connectivity index is 2.23. The Morgan fingerprint density at radius 1 is 1.12 bits per heavy atom. The van der Waals surface area contributed by atoms with Gasteiger partial charge in [-0.05, 0) is 18.3 Å². The molecule has 1 aliphatic rings. The summed E-state index contributed by atoms with van der Waals surface area (Å²) in [6, 6.07) is 0. The average molecular weight is 114 g/mol. The Bertz CT molecular complexity index is 62.8. The second-order valence-electron chi connectivity index (χ2n) is 2.98. The highest BCUT2D eigenvalue weighted by Crippen LogP contribution is 2.17. The van der Waals surface area contributed by atoms with Crippen LogP contribution in [0.1, 0.15) is 20.3 Å². The van der Waals surface area contributed by atoms with E-state index in [0.717, 1.165) is 25.0 Å². The van der Waals surface area contributed by atoms with Gasteiger partial charge in [0.15, 0.2) is 0 Å². The first kappa shape index (κ1) is 6.09. The Morgan fingerprint density at radius 3 is 1.88 bits per heavy atom.